The highest BCUT2D eigenvalue weighted by Crippen LogP contribution is 2.15. The molecule has 0 radical (unpaired) electrons. The predicted octanol–water partition coefficient (Wildman–Crippen LogP) is 2.62. The number of hydroxylamine groups is 2. The molecule has 1 saturated heterocycles. The molecule has 0 bridgehead atoms. The second kappa shape index (κ2) is 5.05. The topological polar surface area (TPSA) is 12.5 Å². The Balaban J connectivity index is 0.00000121. The Morgan fingerprint density at radius 1 is 1.00 bits per heavy atom. The molecule has 0 unspecified atom stereocenters. The van der Waals surface area contributed by atoms with Gasteiger partial charge in [-0.25, -0.2) is 0 Å². The first-order chi connectivity index (χ1) is 5.08. The number of hydrogen-bond donors (Lipinski definition) is 0. The number of rotatable bonds is 1. The minimum absolute atomic E-state index is 0. The van der Waals surface area contributed by atoms with Gasteiger partial charge in [-0.1, -0.05) is 6.42 Å². The van der Waals surface area contributed by atoms with E-state index < -0.39 is 0 Å². The monoisotopic (exact) mass is 193 g/mol. The molecule has 0 saturated carbocycles. The van der Waals surface area contributed by atoms with Crippen LogP contribution < -0.4 is 0 Å². The van der Waals surface area contributed by atoms with Gasteiger partial charge in [0, 0.05) is 13.1 Å². The van der Waals surface area contributed by atoms with E-state index in [9.17, 15) is 0 Å². The van der Waals surface area contributed by atoms with Gasteiger partial charge in [-0.2, -0.15) is 5.06 Å². The highest BCUT2D eigenvalue weighted by atomic mass is 35.5. The van der Waals surface area contributed by atoms with Crippen molar-refractivity contribution in [2.45, 2.75) is 45.6 Å². The van der Waals surface area contributed by atoms with E-state index in [1.54, 1.807) is 0 Å². The van der Waals surface area contributed by atoms with Gasteiger partial charge in [0.2, 0.25) is 0 Å². The van der Waals surface area contributed by atoms with E-state index in [-0.39, 0.29) is 18.0 Å². The van der Waals surface area contributed by atoms with Crippen molar-refractivity contribution in [2.75, 3.05) is 13.1 Å². The first kappa shape index (κ1) is 12.2. The van der Waals surface area contributed by atoms with Crippen LogP contribution in [0.25, 0.3) is 0 Å². The minimum atomic E-state index is -0.0165. The molecule has 0 aliphatic carbocycles. The largest absolute Gasteiger partial charge is 0.293 e. The molecular weight excluding hydrogens is 174 g/mol. The Morgan fingerprint density at radius 3 is 1.92 bits per heavy atom. The summed E-state index contributed by atoms with van der Waals surface area (Å²) in [5.74, 6) is 0. The van der Waals surface area contributed by atoms with Crippen LogP contribution in [0.2, 0.25) is 0 Å². The Kier molecular flexibility index (Phi) is 5.14. The summed E-state index contributed by atoms with van der Waals surface area (Å²) < 4.78 is 0. The normalized spacial score (nSPS) is 20.2. The lowest BCUT2D eigenvalue weighted by molar-refractivity contribution is -0.235. The number of piperidine rings is 1. The van der Waals surface area contributed by atoms with Gasteiger partial charge in [0.05, 0.1) is 5.60 Å². The van der Waals surface area contributed by atoms with E-state index in [4.69, 9.17) is 4.84 Å². The summed E-state index contributed by atoms with van der Waals surface area (Å²) in [7, 11) is 0. The lowest BCUT2D eigenvalue weighted by Gasteiger charge is -2.32. The van der Waals surface area contributed by atoms with Gasteiger partial charge in [-0.3, -0.25) is 4.84 Å². The van der Waals surface area contributed by atoms with E-state index >= 15 is 0 Å². The van der Waals surface area contributed by atoms with Crippen molar-refractivity contribution in [3.05, 3.63) is 0 Å². The second-order valence-corrected chi connectivity index (χ2v) is 4.19. The third-order valence-electron chi connectivity index (χ3n) is 1.72. The SMILES string of the molecule is CC(C)(C)ON1CCCCC1.Cl. The second-order valence-electron chi connectivity index (χ2n) is 4.19. The molecule has 0 aromatic heterocycles. The summed E-state index contributed by atoms with van der Waals surface area (Å²) in [5.41, 5.74) is -0.0165. The van der Waals surface area contributed by atoms with Crippen LogP contribution >= 0.6 is 12.4 Å². The van der Waals surface area contributed by atoms with Crippen LogP contribution in [0.1, 0.15) is 40.0 Å². The van der Waals surface area contributed by atoms with Crippen LogP contribution in [-0.4, -0.2) is 23.8 Å². The van der Waals surface area contributed by atoms with Crippen LogP contribution in [0.5, 0.6) is 0 Å². The Hall–Kier alpha value is 0.210. The number of hydrogen-bond acceptors (Lipinski definition) is 2. The first-order valence-electron chi connectivity index (χ1n) is 4.52. The van der Waals surface area contributed by atoms with Crippen LogP contribution in [0.4, 0.5) is 0 Å². The van der Waals surface area contributed by atoms with E-state index in [2.05, 4.69) is 25.8 Å². The fraction of sp³-hybridized carbons (Fsp3) is 1.00. The molecule has 1 rings (SSSR count). The standard InChI is InChI=1S/C9H19NO.ClH/c1-9(2,3)11-10-7-5-4-6-8-10;/h4-8H2,1-3H3;1H. The maximum Gasteiger partial charge on any atom is 0.0815 e. The maximum atomic E-state index is 5.71. The third kappa shape index (κ3) is 4.96. The molecule has 0 N–H and O–H groups in total. The van der Waals surface area contributed by atoms with Gasteiger partial charge in [0.1, 0.15) is 0 Å². The molecule has 0 spiro atoms. The highest BCUT2D eigenvalue weighted by Gasteiger charge is 2.18. The molecule has 0 amide bonds. The van der Waals surface area contributed by atoms with Crippen molar-refractivity contribution in [2.24, 2.45) is 0 Å². The van der Waals surface area contributed by atoms with Gasteiger partial charge in [-0.15, -0.1) is 12.4 Å². The summed E-state index contributed by atoms with van der Waals surface area (Å²) in [6, 6.07) is 0. The summed E-state index contributed by atoms with van der Waals surface area (Å²) in [4.78, 5) is 5.71. The van der Waals surface area contributed by atoms with E-state index in [1.165, 1.54) is 19.3 Å². The third-order valence-corrected chi connectivity index (χ3v) is 1.72. The minimum Gasteiger partial charge on any atom is -0.293 e. The van der Waals surface area contributed by atoms with Crippen LogP contribution in [0, 0.1) is 0 Å². The highest BCUT2D eigenvalue weighted by molar-refractivity contribution is 5.85. The van der Waals surface area contributed by atoms with Crippen molar-refractivity contribution in [3.63, 3.8) is 0 Å². The molecule has 0 aromatic carbocycles. The number of nitrogens with zero attached hydrogens (tertiary/aromatic N) is 1. The van der Waals surface area contributed by atoms with Crippen LogP contribution in [0.15, 0.2) is 0 Å². The Bertz CT molecular complexity index is 116. The molecular formula is C9H20ClNO. The molecule has 1 aliphatic heterocycles. The molecule has 1 fully saturated rings. The maximum absolute atomic E-state index is 5.71. The van der Waals surface area contributed by atoms with Gasteiger partial charge >= 0.3 is 0 Å². The molecule has 74 valence electrons. The van der Waals surface area contributed by atoms with Crippen LogP contribution in [0.3, 0.4) is 0 Å². The van der Waals surface area contributed by atoms with Crippen molar-refractivity contribution < 1.29 is 4.84 Å². The molecule has 0 aromatic rings. The van der Waals surface area contributed by atoms with Gasteiger partial charge in [0.15, 0.2) is 0 Å². The zero-order valence-corrected chi connectivity index (χ0v) is 9.12. The van der Waals surface area contributed by atoms with E-state index in [1.807, 2.05) is 0 Å². The molecule has 12 heavy (non-hydrogen) atoms. The molecule has 0 atom stereocenters. The fourth-order valence-electron chi connectivity index (χ4n) is 1.34. The summed E-state index contributed by atoms with van der Waals surface area (Å²) in [6.45, 7) is 8.51. The van der Waals surface area contributed by atoms with E-state index in [0.717, 1.165) is 13.1 Å². The summed E-state index contributed by atoms with van der Waals surface area (Å²) in [6.07, 6.45) is 3.94. The molecule has 1 heterocycles. The summed E-state index contributed by atoms with van der Waals surface area (Å²) >= 11 is 0. The quantitative estimate of drug-likeness (QED) is 0.635. The molecule has 3 heteroatoms. The van der Waals surface area contributed by atoms with Gasteiger partial charge < -0.3 is 0 Å². The van der Waals surface area contributed by atoms with E-state index in [0.29, 0.717) is 0 Å². The van der Waals surface area contributed by atoms with Gasteiger partial charge in [-0.05, 0) is 33.6 Å². The number of halogens is 1. The average molecular weight is 194 g/mol. The lowest BCUT2D eigenvalue weighted by Crippen LogP contribution is -2.37. The lowest BCUT2D eigenvalue weighted by atomic mass is 10.1. The molecule has 1 aliphatic rings. The van der Waals surface area contributed by atoms with Crippen molar-refractivity contribution in [3.8, 4) is 0 Å². The Morgan fingerprint density at radius 2 is 1.50 bits per heavy atom. The summed E-state index contributed by atoms with van der Waals surface area (Å²) in [5, 5.41) is 2.10. The van der Waals surface area contributed by atoms with Gasteiger partial charge in [0.25, 0.3) is 0 Å². The van der Waals surface area contributed by atoms with Crippen molar-refractivity contribution in [1.82, 2.24) is 5.06 Å². The average Bonchev–Trinajstić information content (AvgIpc) is 1.85. The van der Waals surface area contributed by atoms with Crippen molar-refractivity contribution >= 4 is 12.4 Å². The van der Waals surface area contributed by atoms with Crippen LogP contribution in [-0.2, 0) is 4.84 Å². The Labute approximate surface area is 81.6 Å². The smallest absolute Gasteiger partial charge is 0.0815 e. The molecule has 2 nitrogen and oxygen atoms in total. The zero-order valence-electron chi connectivity index (χ0n) is 8.30. The predicted molar refractivity (Wildman–Crippen MR) is 53.5 cm³/mol. The zero-order chi connectivity index (χ0) is 8.32. The fourth-order valence-corrected chi connectivity index (χ4v) is 1.34. The van der Waals surface area contributed by atoms with Crippen molar-refractivity contribution in [1.29, 1.82) is 0 Å². The first-order valence-corrected chi connectivity index (χ1v) is 4.52.